The molecule has 1 atom stereocenters. The second-order valence-electron chi connectivity index (χ2n) is 6.01. The first-order valence-corrected chi connectivity index (χ1v) is 7.19. The van der Waals surface area contributed by atoms with E-state index in [4.69, 9.17) is 5.73 Å². The number of amides is 2. The van der Waals surface area contributed by atoms with Crippen LogP contribution in [0.3, 0.4) is 0 Å². The highest BCUT2D eigenvalue weighted by Crippen LogP contribution is 2.18. The summed E-state index contributed by atoms with van der Waals surface area (Å²) < 4.78 is 0. The smallest absolute Gasteiger partial charge is 0.225 e. The molecule has 2 amide bonds. The Labute approximate surface area is 128 Å². The van der Waals surface area contributed by atoms with E-state index in [0.29, 0.717) is 19.5 Å². The van der Waals surface area contributed by atoms with Gasteiger partial charge >= 0.3 is 0 Å². The van der Waals surface area contributed by atoms with Crippen LogP contribution >= 0.6 is 12.4 Å². The van der Waals surface area contributed by atoms with Crippen LogP contribution in [0.2, 0.25) is 0 Å². The molecular formula is C14H28ClN3O2. The number of halogens is 1. The first-order valence-electron chi connectivity index (χ1n) is 7.19. The van der Waals surface area contributed by atoms with Crippen LogP contribution in [0, 0.1) is 5.92 Å². The van der Waals surface area contributed by atoms with Gasteiger partial charge in [0.2, 0.25) is 11.8 Å². The standard InChI is InChI=1S/C14H27N3O2.ClH/c1-4-6-12(18)17-8-5-7-11(9-17)13(19)16-14(2,3)10-15;/h11H,4-10,15H2,1-3H3,(H,16,19);1H. The maximum atomic E-state index is 12.2. The molecule has 20 heavy (non-hydrogen) atoms. The fourth-order valence-corrected chi connectivity index (χ4v) is 2.28. The molecule has 0 aromatic carbocycles. The molecule has 3 N–H and O–H groups in total. The summed E-state index contributed by atoms with van der Waals surface area (Å²) in [6.07, 6.45) is 3.17. The average Bonchev–Trinajstić information content (AvgIpc) is 2.38. The zero-order valence-corrected chi connectivity index (χ0v) is 13.6. The Morgan fingerprint density at radius 1 is 1.40 bits per heavy atom. The molecule has 1 aliphatic heterocycles. The largest absolute Gasteiger partial charge is 0.350 e. The Hall–Kier alpha value is -0.810. The van der Waals surface area contributed by atoms with Crippen LogP contribution in [-0.4, -0.2) is 41.9 Å². The summed E-state index contributed by atoms with van der Waals surface area (Å²) in [6, 6.07) is 0. The van der Waals surface area contributed by atoms with E-state index >= 15 is 0 Å². The molecule has 0 spiro atoms. The number of likely N-dealkylation sites (tertiary alicyclic amines) is 1. The van der Waals surface area contributed by atoms with Crippen LogP contribution in [0.1, 0.15) is 46.5 Å². The number of hydrogen-bond donors (Lipinski definition) is 2. The average molecular weight is 306 g/mol. The fourth-order valence-electron chi connectivity index (χ4n) is 2.28. The molecule has 0 aromatic heterocycles. The zero-order chi connectivity index (χ0) is 14.5. The third-order valence-electron chi connectivity index (χ3n) is 3.58. The van der Waals surface area contributed by atoms with E-state index in [-0.39, 0.29) is 35.7 Å². The lowest BCUT2D eigenvalue weighted by Crippen LogP contribution is -2.53. The Kier molecular flexibility index (Phi) is 8.13. The van der Waals surface area contributed by atoms with Crippen LogP contribution in [-0.2, 0) is 9.59 Å². The minimum absolute atomic E-state index is 0. The van der Waals surface area contributed by atoms with Crippen molar-refractivity contribution in [1.29, 1.82) is 0 Å². The first-order chi connectivity index (χ1) is 8.89. The highest BCUT2D eigenvalue weighted by molar-refractivity contribution is 5.85. The Morgan fingerprint density at radius 2 is 2.05 bits per heavy atom. The lowest BCUT2D eigenvalue weighted by molar-refractivity contribution is -0.136. The third-order valence-corrected chi connectivity index (χ3v) is 3.58. The summed E-state index contributed by atoms with van der Waals surface area (Å²) in [5.41, 5.74) is 5.24. The van der Waals surface area contributed by atoms with Gasteiger partial charge in [-0.05, 0) is 33.1 Å². The Bertz CT molecular complexity index is 334. The van der Waals surface area contributed by atoms with Crippen molar-refractivity contribution in [1.82, 2.24) is 10.2 Å². The third kappa shape index (κ3) is 5.67. The van der Waals surface area contributed by atoms with E-state index in [9.17, 15) is 9.59 Å². The normalized spacial score (nSPS) is 19.2. The molecule has 1 aliphatic rings. The number of nitrogens with one attached hydrogen (secondary N) is 1. The molecule has 1 fully saturated rings. The van der Waals surface area contributed by atoms with Gasteiger partial charge in [-0.2, -0.15) is 0 Å². The monoisotopic (exact) mass is 305 g/mol. The minimum atomic E-state index is -0.382. The number of nitrogens with two attached hydrogens (primary N) is 1. The molecule has 0 aliphatic carbocycles. The number of carbonyl (C=O) groups is 2. The van der Waals surface area contributed by atoms with Crippen molar-refractivity contribution >= 4 is 24.2 Å². The van der Waals surface area contributed by atoms with Crippen molar-refractivity contribution in [3.63, 3.8) is 0 Å². The van der Waals surface area contributed by atoms with Gasteiger partial charge in [0, 0.05) is 31.6 Å². The van der Waals surface area contributed by atoms with Crippen LogP contribution in [0.25, 0.3) is 0 Å². The molecule has 1 rings (SSSR count). The number of carbonyl (C=O) groups excluding carboxylic acids is 2. The van der Waals surface area contributed by atoms with Gasteiger partial charge < -0.3 is 16.0 Å². The van der Waals surface area contributed by atoms with E-state index in [1.54, 1.807) is 0 Å². The highest BCUT2D eigenvalue weighted by atomic mass is 35.5. The number of piperidine rings is 1. The van der Waals surface area contributed by atoms with E-state index in [1.165, 1.54) is 0 Å². The molecule has 1 saturated heterocycles. The molecule has 0 aromatic rings. The van der Waals surface area contributed by atoms with Crippen molar-refractivity contribution in [2.75, 3.05) is 19.6 Å². The quantitative estimate of drug-likeness (QED) is 0.804. The fraction of sp³-hybridized carbons (Fsp3) is 0.857. The highest BCUT2D eigenvalue weighted by Gasteiger charge is 2.30. The van der Waals surface area contributed by atoms with Crippen molar-refractivity contribution in [2.45, 2.75) is 52.0 Å². The molecule has 5 nitrogen and oxygen atoms in total. The first kappa shape index (κ1) is 19.2. The maximum absolute atomic E-state index is 12.2. The van der Waals surface area contributed by atoms with E-state index in [2.05, 4.69) is 5.32 Å². The maximum Gasteiger partial charge on any atom is 0.225 e. The van der Waals surface area contributed by atoms with Gasteiger partial charge in [-0.1, -0.05) is 6.92 Å². The summed E-state index contributed by atoms with van der Waals surface area (Å²) in [5.74, 6) is 0.0860. The second-order valence-corrected chi connectivity index (χ2v) is 6.01. The van der Waals surface area contributed by atoms with Crippen LogP contribution in [0.5, 0.6) is 0 Å². The topological polar surface area (TPSA) is 75.4 Å². The molecule has 1 unspecified atom stereocenters. The molecule has 1 heterocycles. The minimum Gasteiger partial charge on any atom is -0.350 e. The molecule has 6 heteroatoms. The van der Waals surface area contributed by atoms with Gasteiger partial charge in [0.05, 0.1) is 5.92 Å². The second kappa shape index (κ2) is 8.47. The number of hydrogen-bond acceptors (Lipinski definition) is 3. The number of nitrogens with zero attached hydrogens (tertiary/aromatic N) is 1. The summed E-state index contributed by atoms with van der Waals surface area (Å²) in [7, 11) is 0. The lowest BCUT2D eigenvalue weighted by Gasteiger charge is -2.34. The summed E-state index contributed by atoms with van der Waals surface area (Å²) in [6.45, 7) is 7.55. The molecule has 0 saturated carbocycles. The predicted octanol–water partition coefficient (Wildman–Crippen LogP) is 1.30. The lowest BCUT2D eigenvalue weighted by atomic mass is 9.95. The molecule has 118 valence electrons. The van der Waals surface area contributed by atoms with Crippen LogP contribution < -0.4 is 11.1 Å². The van der Waals surface area contributed by atoms with Crippen LogP contribution in [0.15, 0.2) is 0 Å². The Balaban J connectivity index is 0.00000361. The van der Waals surface area contributed by atoms with Crippen LogP contribution in [0.4, 0.5) is 0 Å². The van der Waals surface area contributed by atoms with Gasteiger partial charge in [-0.25, -0.2) is 0 Å². The molecular weight excluding hydrogens is 278 g/mol. The van der Waals surface area contributed by atoms with Gasteiger partial charge in [0.15, 0.2) is 0 Å². The molecule has 0 bridgehead atoms. The van der Waals surface area contributed by atoms with E-state index < -0.39 is 0 Å². The SMILES string of the molecule is CCCC(=O)N1CCCC(C(=O)NC(C)(C)CN)C1.Cl. The van der Waals surface area contributed by atoms with Crippen molar-refractivity contribution in [3.05, 3.63) is 0 Å². The van der Waals surface area contributed by atoms with Gasteiger partial charge in [-0.3, -0.25) is 9.59 Å². The van der Waals surface area contributed by atoms with Gasteiger partial charge in [-0.15, -0.1) is 12.4 Å². The van der Waals surface area contributed by atoms with E-state index in [0.717, 1.165) is 25.8 Å². The van der Waals surface area contributed by atoms with E-state index in [1.807, 2.05) is 25.7 Å². The van der Waals surface area contributed by atoms with Crippen molar-refractivity contribution < 1.29 is 9.59 Å². The zero-order valence-electron chi connectivity index (χ0n) is 12.8. The molecule has 0 radical (unpaired) electrons. The van der Waals surface area contributed by atoms with Crippen molar-refractivity contribution in [2.24, 2.45) is 11.7 Å². The van der Waals surface area contributed by atoms with Gasteiger partial charge in [0.1, 0.15) is 0 Å². The summed E-state index contributed by atoms with van der Waals surface area (Å²) >= 11 is 0. The number of rotatable bonds is 5. The summed E-state index contributed by atoms with van der Waals surface area (Å²) in [5, 5.41) is 2.97. The summed E-state index contributed by atoms with van der Waals surface area (Å²) in [4.78, 5) is 25.9. The predicted molar refractivity (Wildman–Crippen MR) is 82.7 cm³/mol. The Morgan fingerprint density at radius 3 is 2.60 bits per heavy atom. The van der Waals surface area contributed by atoms with Crippen molar-refractivity contribution in [3.8, 4) is 0 Å². The van der Waals surface area contributed by atoms with Gasteiger partial charge in [0.25, 0.3) is 0 Å².